The van der Waals surface area contributed by atoms with E-state index in [1.807, 2.05) is 37.6 Å². The van der Waals surface area contributed by atoms with Crippen LogP contribution in [0.1, 0.15) is 27.0 Å². The summed E-state index contributed by atoms with van der Waals surface area (Å²) in [7, 11) is -2.58. The second-order valence-corrected chi connectivity index (χ2v) is 8.59. The molecule has 9 nitrogen and oxygen atoms in total. The SMILES string of the molecule is CNc1ccc(C(=O)NS(=O)(=O)c2cccc(N)n2)c(Oc2c(C)cc(C)cc2C)n1. The van der Waals surface area contributed by atoms with Crippen molar-refractivity contribution in [3.05, 3.63) is 64.7 Å². The van der Waals surface area contributed by atoms with E-state index in [0.29, 0.717) is 11.6 Å². The number of aryl methyl sites for hydroxylation is 3. The molecule has 0 saturated carbocycles. The maximum absolute atomic E-state index is 12.9. The number of carbonyl (C=O) groups is 1. The molecule has 3 rings (SSSR count). The van der Waals surface area contributed by atoms with Gasteiger partial charge in [0.2, 0.25) is 5.88 Å². The molecule has 0 bridgehead atoms. The minimum Gasteiger partial charge on any atom is -0.438 e. The molecular weight excluding hydrogens is 418 g/mol. The summed E-state index contributed by atoms with van der Waals surface area (Å²) in [5, 5.41) is 2.51. The van der Waals surface area contributed by atoms with Crippen LogP contribution in [0.4, 0.5) is 11.6 Å². The van der Waals surface area contributed by atoms with Crippen LogP contribution < -0.4 is 20.5 Å². The van der Waals surface area contributed by atoms with Crippen molar-refractivity contribution in [3.8, 4) is 11.6 Å². The third kappa shape index (κ3) is 4.92. The molecule has 0 atom stereocenters. The zero-order valence-corrected chi connectivity index (χ0v) is 18.4. The van der Waals surface area contributed by atoms with Gasteiger partial charge < -0.3 is 15.8 Å². The first-order valence-corrected chi connectivity index (χ1v) is 10.8. The first-order chi connectivity index (χ1) is 14.6. The van der Waals surface area contributed by atoms with Gasteiger partial charge in [0.1, 0.15) is 22.9 Å². The first-order valence-electron chi connectivity index (χ1n) is 9.35. The van der Waals surface area contributed by atoms with E-state index in [1.165, 1.54) is 24.3 Å². The molecule has 0 spiro atoms. The second-order valence-electron chi connectivity index (χ2n) is 6.96. The van der Waals surface area contributed by atoms with Crippen molar-refractivity contribution in [2.24, 2.45) is 0 Å². The highest BCUT2D eigenvalue weighted by molar-refractivity contribution is 7.90. The van der Waals surface area contributed by atoms with Crippen LogP contribution in [0.5, 0.6) is 11.6 Å². The number of pyridine rings is 2. The number of aromatic nitrogens is 2. The molecular formula is C21H23N5O4S. The molecule has 4 N–H and O–H groups in total. The third-order valence-electron chi connectivity index (χ3n) is 4.41. The van der Waals surface area contributed by atoms with Crippen LogP contribution >= 0.6 is 0 Å². The van der Waals surface area contributed by atoms with Crippen molar-refractivity contribution in [2.45, 2.75) is 25.8 Å². The lowest BCUT2D eigenvalue weighted by molar-refractivity contribution is 0.0978. The molecule has 10 heteroatoms. The van der Waals surface area contributed by atoms with Gasteiger partial charge in [-0.05, 0) is 56.2 Å². The highest BCUT2D eigenvalue weighted by Crippen LogP contribution is 2.31. The van der Waals surface area contributed by atoms with Gasteiger partial charge >= 0.3 is 0 Å². The van der Waals surface area contributed by atoms with Gasteiger partial charge in [-0.25, -0.2) is 9.71 Å². The maximum Gasteiger partial charge on any atom is 0.281 e. The van der Waals surface area contributed by atoms with E-state index in [0.717, 1.165) is 16.7 Å². The van der Waals surface area contributed by atoms with Crippen molar-refractivity contribution in [3.63, 3.8) is 0 Å². The Kier molecular flexibility index (Phi) is 6.11. The number of benzene rings is 1. The summed E-state index contributed by atoms with van der Waals surface area (Å²) in [6, 6.07) is 11.0. The lowest BCUT2D eigenvalue weighted by Crippen LogP contribution is -2.31. The van der Waals surface area contributed by atoms with Crippen molar-refractivity contribution < 1.29 is 17.9 Å². The third-order valence-corrected chi connectivity index (χ3v) is 5.64. The number of anilines is 2. The molecule has 0 aliphatic heterocycles. The predicted octanol–water partition coefficient (Wildman–Crippen LogP) is 2.94. The fraction of sp³-hybridized carbons (Fsp3) is 0.190. The molecule has 0 aliphatic rings. The molecule has 162 valence electrons. The molecule has 2 aromatic heterocycles. The van der Waals surface area contributed by atoms with Crippen LogP contribution in [-0.4, -0.2) is 31.3 Å². The molecule has 0 saturated heterocycles. The quantitative estimate of drug-likeness (QED) is 0.531. The average molecular weight is 442 g/mol. The molecule has 0 radical (unpaired) electrons. The Morgan fingerprint density at radius 2 is 1.71 bits per heavy atom. The highest BCUT2D eigenvalue weighted by Gasteiger charge is 2.24. The Morgan fingerprint density at radius 3 is 2.32 bits per heavy atom. The van der Waals surface area contributed by atoms with Gasteiger partial charge in [0, 0.05) is 7.05 Å². The minimum atomic E-state index is -4.25. The molecule has 31 heavy (non-hydrogen) atoms. The summed E-state index contributed by atoms with van der Waals surface area (Å²) in [6.45, 7) is 5.73. The van der Waals surface area contributed by atoms with E-state index in [4.69, 9.17) is 10.5 Å². The normalized spacial score (nSPS) is 11.1. The molecule has 1 aromatic carbocycles. The molecule has 0 unspecified atom stereocenters. The smallest absolute Gasteiger partial charge is 0.281 e. The monoisotopic (exact) mass is 441 g/mol. The molecule has 3 aromatic rings. The van der Waals surface area contributed by atoms with Crippen LogP contribution in [0.2, 0.25) is 0 Å². The van der Waals surface area contributed by atoms with Crippen LogP contribution in [0, 0.1) is 20.8 Å². The summed E-state index contributed by atoms with van der Waals surface area (Å²) >= 11 is 0. The van der Waals surface area contributed by atoms with Crippen LogP contribution in [0.3, 0.4) is 0 Å². The number of ether oxygens (including phenoxy) is 1. The number of nitrogen functional groups attached to an aromatic ring is 1. The van der Waals surface area contributed by atoms with Crippen molar-refractivity contribution in [1.82, 2.24) is 14.7 Å². The van der Waals surface area contributed by atoms with Gasteiger partial charge in [0.25, 0.3) is 15.9 Å². The number of rotatable bonds is 6. The van der Waals surface area contributed by atoms with Crippen molar-refractivity contribution >= 4 is 27.6 Å². The van der Waals surface area contributed by atoms with Crippen LogP contribution in [0.25, 0.3) is 0 Å². The standard InChI is InChI=1S/C21H23N5O4S/c1-12-10-13(2)19(14(3)11-12)30-21-15(8-9-17(23-4)25-21)20(27)26-31(28,29)18-7-5-6-16(22)24-18/h5-11H,1-4H3,(H2,22,24)(H,23,25)(H,26,27). The summed E-state index contributed by atoms with van der Waals surface area (Å²) in [5.74, 6) is 0.0757. The number of nitrogens with one attached hydrogen (secondary N) is 2. The fourth-order valence-electron chi connectivity index (χ4n) is 3.06. The zero-order chi connectivity index (χ0) is 22.8. The Balaban J connectivity index is 1.99. The second kappa shape index (κ2) is 8.60. The molecule has 0 aliphatic carbocycles. The number of hydrogen-bond donors (Lipinski definition) is 3. The van der Waals surface area contributed by atoms with Gasteiger partial charge in [0.05, 0.1) is 0 Å². The van der Waals surface area contributed by atoms with Gasteiger partial charge in [-0.2, -0.15) is 13.4 Å². The number of sulfonamides is 1. The number of hydrogen-bond acceptors (Lipinski definition) is 8. The summed E-state index contributed by atoms with van der Waals surface area (Å²) in [4.78, 5) is 20.9. The Labute approximate surface area is 180 Å². The molecule has 0 fully saturated rings. The first kappa shape index (κ1) is 22.0. The number of carbonyl (C=O) groups excluding carboxylic acids is 1. The highest BCUT2D eigenvalue weighted by atomic mass is 32.2. The summed E-state index contributed by atoms with van der Waals surface area (Å²) in [5.41, 5.74) is 8.29. The minimum absolute atomic E-state index is 0.0182. The molecule has 2 heterocycles. The predicted molar refractivity (Wildman–Crippen MR) is 118 cm³/mol. The fourth-order valence-corrected chi connectivity index (χ4v) is 4.01. The molecule has 1 amide bonds. The van der Waals surface area contributed by atoms with E-state index in [1.54, 1.807) is 13.1 Å². The number of nitrogens with two attached hydrogens (primary N) is 1. The summed E-state index contributed by atoms with van der Waals surface area (Å²) in [6.07, 6.45) is 0. The van der Waals surface area contributed by atoms with E-state index < -0.39 is 15.9 Å². The van der Waals surface area contributed by atoms with Crippen LogP contribution in [-0.2, 0) is 10.0 Å². The summed E-state index contributed by atoms with van der Waals surface area (Å²) < 4.78 is 33.1. The number of nitrogens with zero attached hydrogens (tertiary/aromatic N) is 2. The lowest BCUT2D eigenvalue weighted by Gasteiger charge is -2.15. The van der Waals surface area contributed by atoms with Crippen LogP contribution in [0.15, 0.2) is 47.5 Å². The van der Waals surface area contributed by atoms with Crippen molar-refractivity contribution in [1.29, 1.82) is 0 Å². The Morgan fingerprint density at radius 1 is 1.03 bits per heavy atom. The van der Waals surface area contributed by atoms with Gasteiger partial charge in [-0.3, -0.25) is 4.79 Å². The van der Waals surface area contributed by atoms with Gasteiger partial charge in [-0.1, -0.05) is 23.8 Å². The maximum atomic E-state index is 12.9. The Hall–Kier alpha value is -3.66. The zero-order valence-electron chi connectivity index (χ0n) is 17.6. The van der Waals surface area contributed by atoms with Gasteiger partial charge in [0.15, 0.2) is 5.03 Å². The average Bonchev–Trinajstić information content (AvgIpc) is 2.70. The van der Waals surface area contributed by atoms with E-state index in [9.17, 15) is 13.2 Å². The topological polar surface area (TPSA) is 136 Å². The van der Waals surface area contributed by atoms with Crippen molar-refractivity contribution in [2.75, 3.05) is 18.1 Å². The van der Waals surface area contributed by atoms with E-state index >= 15 is 0 Å². The Bertz CT molecular complexity index is 1240. The van der Waals surface area contributed by atoms with E-state index in [-0.39, 0.29) is 22.3 Å². The van der Waals surface area contributed by atoms with Gasteiger partial charge in [-0.15, -0.1) is 0 Å². The lowest BCUT2D eigenvalue weighted by atomic mass is 10.1. The number of amides is 1. The van der Waals surface area contributed by atoms with E-state index in [2.05, 4.69) is 15.3 Å². The largest absolute Gasteiger partial charge is 0.438 e.